The van der Waals surface area contributed by atoms with E-state index in [1.54, 1.807) is 19.1 Å². The molecule has 0 aliphatic rings. The lowest BCUT2D eigenvalue weighted by Gasteiger charge is -2.11. The van der Waals surface area contributed by atoms with Crippen molar-refractivity contribution in [2.75, 3.05) is 0 Å². The molecule has 3 N–H and O–H groups in total. The highest BCUT2D eigenvalue weighted by Crippen LogP contribution is 2.42. The number of sulfonamides is 1. The van der Waals surface area contributed by atoms with Crippen LogP contribution in [0.15, 0.2) is 53.4 Å². The van der Waals surface area contributed by atoms with Gasteiger partial charge in [0.25, 0.3) is 0 Å². The van der Waals surface area contributed by atoms with Crippen LogP contribution in [0.2, 0.25) is 0 Å². The molecule has 0 atom stereocenters. The lowest BCUT2D eigenvalue weighted by molar-refractivity contribution is -0.140. The van der Waals surface area contributed by atoms with Crippen LogP contribution >= 0.6 is 0 Å². The van der Waals surface area contributed by atoms with Crippen molar-refractivity contribution in [2.24, 2.45) is 5.14 Å². The molecule has 0 fully saturated rings. The number of primary sulfonamides is 1. The lowest BCUT2D eigenvalue weighted by atomic mass is 9.98. The largest absolute Gasteiger partial charge is 0.433 e. The van der Waals surface area contributed by atoms with Crippen molar-refractivity contribution >= 4 is 10.0 Å². The van der Waals surface area contributed by atoms with Crippen molar-refractivity contribution in [3.8, 4) is 22.4 Å². The Bertz CT molecular complexity index is 1060. The minimum atomic E-state index is -4.69. The third-order valence-electron chi connectivity index (χ3n) is 3.84. The average molecular weight is 381 g/mol. The Kier molecular flexibility index (Phi) is 4.37. The molecular formula is C17H14F3N3O2S. The molecule has 3 aromatic rings. The van der Waals surface area contributed by atoms with Crippen LogP contribution in [0.3, 0.4) is 0 Å². The second kappa shape index (κ2) is 6.26. The molecule has 26 heavy (non-hydrogen) atoms. The van der Waals surface area contributed by atoms with Gasteiger partial charge in [0.05, 0.1) is 4.90 Å². The molecule has 136 valence electrons. The number of hydrogen-bond donors (Lipinski definition) is 2. The van der Waals surface area contributed by atoms with Crippen LogP contribution < -0.4 is 5.14 Å². The molecule has 0 radical (unpaired) electrons. The van der Waals surface area contributed by atoms with Crippen molar-refractivity contribution < 1.29 is 21.6 Å². The van der Waals surface area contributed by atoms with Crippen LogP contribution in [0.5, 0.6) is 0 Å². The van der Waals surface area contributed by atoms with Gasteiger partial charge in [-0.3, -0.25) is 5.10 Å². The summed E-state index contributed by atoms with van der Waals surface area (Å²) < 4.78 is 64.1. The molecule has 0 aliphatic heterocycles. The summed E-state index contributed by atoms with van der Waals surface area (Å²) >= 11 is 0. The average Bonchev–Trinajstić information content (AvgIpc) is 3.00. The number of aryl methyl sites for hydroxylation is 1. The van der Waals surface area contributed by atoms with Crippen molar-refractivity contribution in [3.05, 3.63) is 59.8 Å². The molecule has 2 aromatic carbocycles. The fourth-order valence-electron chi connectivity index (χ4n) is 2.65. The van der Waals surface area contributed by atoms with Gasteiger partial charge in [0, 0.05) is 11.1 Å². The number of halogens is 3. The number of aromatic nitrogens is 2. The zero-order chi connectivity index (χ0) is 19.1. The van der Waals surface area contributed by atoms with Gasteiger partial charge in [-0.25, -0.2) is 13.6 Å². The summed E-state index contributed by atoms with van der Waals surface area (Å²) in [5, 5.41) is 11.0. The molecule has 0 saturated carbocycles. The molecule has 0 amide bonds. The highest BCUT2D eigenvalue weighted by atomic mass is 32.2. The van der Waals surface area contributed by atoms with Crippen molar-refractivity contribution in [3.63, 3.8) is 0 Å². The first-order valence-electron chi connectivity index (χ1n) is 7.44. The molecule has 5 nitrogen and oxygen atoms in total. The molecule has 0 saturated heterocycles. The number of benzene rings is 2. The number of rotatable bonds is 3. The number of nitrogens with two attached hydrogens (primary N) is 1. The van der Waals surface area contributed by atoms with Crippen LogP contribution in [0, 0.1) is 6.92 Å². The zero-order valence-corrected chi connectivity index (χ0v) is 14.3. The van der Waals surface area contributed by atoms with Gasteiger partial charge in [-0.2, -0.15) is 18.3 Å². The Labute approximate surface area is 147 Å². The fraction of sp³-hybridized carbons (Fsp3) is 0.118. The first kappa shape index (κ1) is 18.2. The predicted molar refractivity (Wildman–Crippen MR) is 90.6 cm³/mol. The van der Waals surface area contributed by atoms with Crippen LogP contribution in [-0.4, -0.2) is 18.6 Å². The summed E-state index contributed by atoms with van der Waals surface area (Å²) in [6.45, 7) is 1.81. The number of hydrogen-bond acceptors (Lipinski definition) is 3. The van der Waals surface area contributed by atoms with E-state index in [2.05, 4.69) is 5.10 Å². The van der Waals surface area contributed by atoms with E-state index in [1.165, 1.54) is 36.4 Å². The van der Waals surface area contributed by atoms with E-state index in [9.17, 15) is 21.6 Å². The van der Waals surface area contributed by atoms with E-state index >= 15 is 0 Å². The maximum atomic E-state index is 13.5. The molecular weight excluding hydrogens is 367 g/mol. The first-order valence-corrected chi connectivity index (χ1v) is 8.98. The number of H-pyrrole nitrogens is 1. The van der Waals surface area contributed by atoms with Gasteiger partial charge in [0.2, 0.25) is 10.0 Å². The molecule has 3 rings (SSSR count). The van der Waals surface area contributed by atoms with E-state index in [-0.39, 0.29) is 27.3 Å². The number of aromatic amines is 1. The molecule has 0 spiro atoms. The Morgan fingerprint density at radius 2 is 1.65 bits per heavy atom. The molecule has 0 bridgehead atoms. The Morgan fingerprint density at radius 1 is 1.04 bits per heavy atom. The van der Waals surface area contributed by atoms with Crippen LogP contribution in [0.25, 0.3) is 22.4 Å². The third kappa shape index (κ3) is 3.35. The minimum Gasteiger partial charge on any atom is -0.272 e. The van der Waals surface area contributed by atoms with Gasteiger partial charge in [-0.1, -0.05) is 48.0 Å². The third-order valence-corrected chi connectivity index (χ3v) is 4.81. The Morgan fingerprint density at radius 3 is 2.23 bits per heavy atom. The van der Waals surface area contributed by atoms with E-state index in [4.69, 9.17) is 5.14 Å². The molecule has 0 aliphatic carbocycles. The predicted octanol–water partition coefficient (Wildman–Crippen LogP) is 3.72. The maximum absolute atomic E-state index is 13.5. The zero-order valence-electron chi connectivity index (χ0n) is 13.5. The summed E-state index contributed by atoms with van der Waals surface area (Å²) in [5.41, 5.74) is -0.287. The monoisotopic (exact) mass is 381 g/mol. The van der Waals surface area contributed by atoms with Crippen molar-refractivity contribution in [1.82, 2.24) is 10.2 Å². The summed E-state index contributed by atoms with van der Waals surface area (Å²) in [4.78, 5) is -0.298. The molecule has 9 heteroatoms. The van der Waals surface area contributed by atoms with Gasteiger partial charge in [0.1, 0.15) is 11.4 Å². The second-order valence-electron chi connectivity index (χ2n) is 5.73. The summed E-state index contributed by atoms with van der Waals surface area (Å²) in [6.07, 6.45) is -4.69. The van der Waals surface area contributed by atoms with E-state index in [0.29, 0.717) is 0 Å². The smallest absolute Gasteiger partial charge is 0.272 e. The Balaban J connectivity index is 2.35. The number of nitrogens with zero attached hydrogens (tertiary/aromatic N) is 1. The Hall–Kier alpha value is -2.65. The molecule has 1 aromatic heterocycles. The van der Waals surface area contributed by atoms with E-state index < -0.39 is 21.9 Å². The van der Waals surface area contributed by atoms with Gasteiger partial charge in [-0.05, 0) is 18.6 Å². The van der Waals surface area contributed by atoms with Crippen molar-refractivity contribution in [1.29, 1.82) is 0 Å². The first-order chi connectivity index (χ1) is 12.1. The topological polar surface area (TPSA) is 88.8 Å². The minimum absolute atomic E-state index is 0.00248. The van der Waals surface area contributed by atoms with Crippen molar-refractivity contribution in [2.45, 2.75) is 18.0 Å². The van der Waals surface area contributed by atoms with Gasteiger partial charge in [-0.15, -0.1) is 0 Å². The normalized spacial score (nSPS) is 12.3. The highest BCUT2D eigenvalue weighted by molar-refractivity contribution is 7.89. The number of alkyl halides is 3. The van der Waals surface area contributed by atoms with Gasteiger partial charge >= 0.3 is 6.18 Å². The van der Waals surface area contributed by atoms with E-state index in [0.717, 1.165) is 5.56 Å². The van der Waals surface area contributed by atoms with Crippen LogP contribution in [0.4, 0.5) is 13.2 Å². The van der Waals surface area contributed by atoms with Gasteiger partial charge in [0.15, 0.2) is 0 Å². The summed E-state index contributed by atoms with van der Waals surface area (Å²) in [5.74, 6) is 0. The molecule has 0 unspecified atom stereocenters. The maximum Gasteiger partial charge on any atom is 0.433 e. The summed E-state index contributed by atoms with van der Waals surface area (Å²) in [7, 11) is -4.15. The van der Waals surface area contributed by atoms with Crippen LogP contribution in [-0.2, 0) is 16.2 Å². The fourth-order valence-corrected chi connectivity index (χ4v) is 3.39. The molecule has 1 heterocycles. The highest BCUT2D eigenvalue weighted by Gasteiger charge is 2.38. The van der Waals surface area contributed by atoms with E-state index in [1.807, 2.05) is 5.10 Å². The summed E-state index contributed by atoms with van der Waals surface area (Å²) in [6, 6.07) is 11.9. The standard InChI is InChI=1S/C17H14F3N3O2S/c1-10-6-8-11(9-7-10)14-15(22-23-16(14)17(18,19)20)12-4-2-3-5-13(12)26(21,24)25/h2-9H,1H3,(H,22,23)(H2,21,24,25). The second-order valence-corrected chi connectivity index (χ2v) is 7.26. The quantitative estimate of drug-likeness (QED) is 0.725. The van der Waals surface area contributed by atoms with Crippen LogP contribution in [0.1, 0.15) is 11.3 Å². The van der Waals surface area contributed by atoms with Gasteiger partial charge < -0.3 is 0 Å². The lowest BCUT2D eigenvalue weighted by Crippen LogP contribution is -2.13. The number of nitrogens with one attached hydrogen (secondary N) is 1. The SMILES string of the molecule is Cc1ccc(-c2c(-c3ccccc3S(N)(=O)=O)n[nH]c2C(F)(F)F)cc1.